The van der Waals surface area contributed by atoms with E-state index in [0.29, 0.717) is 0 Å². The highest BCUT2D eigenvalue weighted by Crippen LogP contribution is 2.58. The molecule has 0 amide bonds. The van der Waals surface area contributed by atoms with E-state index in [1.165, 1.54) is 0 Å². The molecule has 96 valence electrons. The first-order chi connectivity index (χ1) is 8.33. The highest BCUT2D eigenvalue weighted by Gasteiger charge is 2.49. The van der Waals surface area contributed by atoms with Crippen LogP contribution in [0.2, 0.25) is 0 Å². The van der Waals surface area contributed by atoms with Crippen LogP contribution < -0.4 is 0 Å². The third-order valence-corrected chi connectivity index (χ3v) is 7.28. The van der Waals surface area contributed by atoms with Gasteiger partial charge < -0.3 is 0 Å². The Morgan fingerprint density at radius 1 is 0.588 bits per heavy atom. The second-order valence-electron chi connectivity index (χ2n) is 7.80. The summed E-state index contributed by atoms with van der Waals surface area (Å²) in [5.41, 5.74) is 0. The standard InChI is InChI=1S/C17H28/c1-11-16-7-3-6-14(16)10-17(11)15-8-12-4-2-5-13(12)9-15/h11-17H,2-10H2,1H3. The van der Waals surface area contributed by atoms with Crippen molar-refractivity contribution in [1.29, 1.82) is 0 Å². The van der Waals surface area contributed by atoms with Crippen LogP contribution in [0, 0.1) is 41.4 Å². The molecule has 0 heteroatoms. The van der Waals surface area contributed by atoms with Crippen molar-refractivity contribution < 1.29 is 0 Å². The Morgan fingerprint density at radius 3 is 1.94 bits per heavy atom. The summed E-state index contributed by atoms with van der Waals surface area (Å²) in [6.45, 7) is 2.61. The first-order valence-corrected chi connectivity index (χ1v) is 8.33. The average Bonchev–Trinajstić information content (AvgIpc) is 2.98. The molecule has 6 atom stereocenters. The minimum absolute atomic E-state index is 1.08. The lowest BCUT2D eigenvalue weighted by molar-refractivity contribution is 0.233. The van der Waals surface area contributed by atoms with Crippen molar-refractivity contribution in [2.75, 3.05) is 0 Å². The lowest BCUT2D eigenvalue weighted by Gasteiger charge is -2.26. The Bertz CT molecular complexity index is 282. The van der Waals surface area contributed by atoms with E-state index >= 15 is 0 Å². The van der Waals surface area contributed by atoms with Crippen molar-refractivity contribution in [1.82, 2.24) is 0 Å². The Hall–Kier alpha value is 0. The lowest BCUT2D eigenvalue weighted by atomic mass is 9.79. The third kappa shape index (κ3) is 1.62. The molecule has 0 heterocycles. The average molecular weight is 232 g/mol. The van der Waals surface area contributed by atoms with Crippen LogP contribution >= 0.6 is 0 Å². The summed E-state index contributed by atoms with van der Waals surface area (Å²) in [7, 11) is 0. The van der Waals surface area contributed by atoms with Crippen molar-refractivity contribution in [3.63, 3.8) is 0 Å². The molecule has 0 N–H and O–H groups in total. The first-order valence-electron chi connectivity index (χ1n) is 8.33. The molecule has 4 rings (SSSR count). The van der Waals surface area contributed by atoms with E-state index in [-0.39, 0.29) is 0 Å². The third-order valence-electron chi connectivity index (χ3n) is 7.28. The maximum atomic E-state index is 2.61. The maximum absolute atomic E-state index is 2.61. The van der Waals surface area contributed by atoms with Gasteiger partial charge in [-0.3, -0.25) is 0 Å². The fourth-order valence-electron chi connectivity index (χ4n) is 6.51. The van der Waals surface area contributed by atoms with Gasteiger partial charge in [-0.2, -0.15) is 0 Å². The molecular weight excluding hydrogens is 204 g/mol. The quantitative estimate of drug-likeness (QED) is 0.604. The second-order valence-corrected chi connectivity index (χ2v) is 7.80. The van der Waals surface area contributed by atoms with Gasteiger partial charge in [-0.25, -0.2) is 0 Å². The van der Waals surface area contributed by atoms with E-state index < -0.39 is 0 Å². The van der Waals surface area contributed by atoms with Gasteiger partial charge >= 0.3 is 0 Å². The fraction of sp³-hybridized carbons (Fsp3) is 1.00. The fourth-order valence-corrected chi connectivity index (χ4v) is 6.51. The SMILES string of the molecule is CC1C2CCCC2CC1C1CC2CCCC2C1. The summed E-state index contributed by atoms with van der Waals surface area (Å²) in [6.07, 6.45) is 14.3. The molecule has 4 fully saturated rings. The van der Waals surface area contributed by atoms with Crippen molar-refractivity contribution in [2.45, 2.75) is 64.7 Å². The summed E-state index contributed by atoms with van der Waals surface area (Å²) in [5.74, 6) is 7.96. The molecule has 0 spiro atoms. The normalized spacial score (nSPS) is 57.4. The molecule has 17 heavy (non-hydrogen) atoms. The van der Waals surface area contributed by atoms with Gasteiger partial charge in [0.1, 0.15) is 0 Å². The van der Waals surface area contributed by atoms with E-state index in [4.69, 9.17) is 0 Å². The minimum Gasteiger partial charge on any atom is -0.0620 e. The molecule has 0 bridgehead atoms. The maximum Gasteiger partial charge on any atom is -0.0354 e. The van der Waals surface area contributed by atoms with Crippen LogP contribution in [-0.2, 0) is 0 Å². The Morgan fingerprint density at radius 2 is 1.24 bits per heavy atom. The highest BCUT2D eigenvalue weighted by atomic mass is 14.5. The zero-order chi connectivity index (χ0) is 11.4. The predicted octanol–water partition coefficient (Wildman–Crippen LogP) is 4.89. The molecule has 0 radical (unpaired) electrons. The highest BCUT2D eigenvalue weighted by molar-refractivity contribution is 4.98. The minimum atomic E-state index is 1.08. The Kier molecular flexibility index (Phi) is 2.56. The smallest absolute Gasteiger partial charge is 0.0354 e. The van der Waals surface area contributed by atoms with Crippen LogP contribution in [-0.4, -0.2) is 0 Å². The van der Waals surface area contributed by atoms with Crippen molar-refractivity contribution in [3.8, 4) is 0 Å². The van der Waals surface area contributed by atoms with Crippen LogP contribution in [0.1, 0.15) is 64.7 Å². The van der Waals surface area contributed by atoms with Gasteiger partial charge in [0.25, 0.3) is 0 Å². The van der Waals surface area contributed by atoms with E-state index in [1.807, 2.05) is 0 Å². The van der Waals surface area contributed by atoms with Gasteiger partial charge in [0.15, 0.2) is 0 Å². The molecule has 4 aliphatic rings. The van der Waals surface area contributed by atoms with Gasteiger partial charge in [-0.1, -0.05) is 39.0 Å². The zero-order valence-electron chi connectivity index (χ0n) is 11.4. The van der Waals surface area contributed by atoms with Crippen molar-refractivity contribution in [2.24, 2.45) is 41.4 Å². The van der Waals surface area contributed by atoms with E-state index in [0.717, 1.165) is 41.4 Å². The molecule has 0 aromatic rings. The molecule has 4 saturated carbocycles. The van der Waals surface area contributed by atoms with E-state index in [2.05, 4.69) is 6.92 Å². The van der Waals surface area contributed by atoms with Crippen LogP contribution in [0.25, 0.3) is 0 Å². The summed E-state index contributed by atoms with van der Waals surface area (Å²) < 4.78 is 0. The molecule has 0 aliphatic heterocycles. The number of hydrogen-bond donors (Lipinski definition) is 0. The van der Waals surface area contributed by atoms with E-state index in [9.17, 15) is 0 Å². The number of rotatable bonds is 1. The van der Waals surface area contributed by atoms with Gasteiger partial charge in [-0.15, -0.1) is 0 Å². The van der Waals surface area contributed by atoms with Gasteiger partial charge in [0.05, 0.1) is 0 Å². The van der Waals surface area contributed by atoms with E-state index in [1.54, 1.807) is 57.8 Å². The Labute approximate surface area is 107 Å². The first kappa shape index (κ1) is 10.9. The van der Waals surface area contributed by atoms with Crippen LogP contribution in [0.3, 0.4) is 0 Å². The summed E-state index contributed by atoms with van der Waals surface area (Å²) in [4.78, 5) is 0. The molecule has 0 aromatic carbocycles. The van der Waals surface area contributed by atoms with Crippen molar-refractivity contribution >= 4 is 0 Å². The molecule has 0 saturated heterocycles. The monoisotopic (exact) mass is 232 g/mol. The second kappa shape index (κ2) is 4.00. The topological polar surface area (TPSA) is 0 Å². The molecule has 0 nitrogen and oxygen atoms in total. The lowest BCUT2D eigenvalue weighted by Crippen LogP contribution is -2.18. The van der Waals surface area contributed by atoms with Gasteiger partial charge in [-0.05, 0) is 67.1 Å². The number of fused-ring (bicyclic) bond motifs is 2. The summed E-state index contributed by atoms with van der Waals surface area (Å²) in [6, 6.07) is 0. The summed E-state index contributed by atoms with van der Waals surface area (Å²) >= 11 is 0. The van der Waals surface area contributed by atoms with Crippen molar-refractivity contribution in [3.05, 3.63) is 0 Å². The summed E-state index contributed by atoms with van der Waals surface area (Å²) in [5, 5.41) is 0. The Balaban J connectivity index is 1.46. The molecule has 6 unspecified atom stereocenters. The number of hydrogen-bond acceptors (Lipinski definition) is 0. The largest absolute Gasteiger partial charge is 0.0620 e. The van der Waals surface area contributed by atoms with Gasteiger partial charge in [0.2, 0.25) is 0 Å². The van der Waals surface area contributed by atoms with Crippen LogP contribution in [0.4, 0.5) is 0 Å². The zero-order valence-corrected chi connectivity index (χ0v) is 11.4. The molecular formula is C17H28. The predicted molar refractivity (Wildman–Crippen MR) is 71.7 cm³/mol. The van der Waals surface area contributed by atoms with Gasteiger partial charge in [0, 0.05) is 0 Å². The van der Waals surface area contributed by atoms with Crippen LogP contribution in [0.5, 0.6) is 0 Å². The molecule has 0 aromatic heterocycles. The van der Waals surface area contributed by atoms with Crippen LogP contribution in [0.15, 0.2) is 0 Å². The molecule has 4 aliphatic carbocycles.